The van der Waals surface area contributed by atoms with Crippen LogP contribution in [0, 0.1) is 18.2 Å². The molecule has 0 radical (unpaired) electrons. The van der Waals surface area contributed by atoms with Gasteiger partial charge in [0.2, 0.25) is 0 Å². The van der Waals surface area contributed by atoms with E-state index in [1.165, 1.54) is 19.2 Å². The molecule has 0 aromatic heterocycles. The summed E-state index contributed by atoms with van der Waals surface area (Å²) in [4.78, 5) is 0. The highest BCUT2D eigenvalue weighted by atomic mass is 35.5. The summed E-state index contributed by atoms with van der Waals surface area (Å²) < 4.78 is 23.8. The number of terminal acetylenes is 1. The lowest BCUT2D eigenvalue weighted by molar-refractivity contribution is 0.331. The summed E-state index contributed by atoms with van der Waals surface area (Å²) in [7, 11) is 1.52. The van der Waals surface area contributed by atoms with Crippen molar-refractivity contribution < 1.29 is 13.9 Å². The third-order valence-electron chi connectivity index (χ3n) is 3.01. The molecule has 0 aliphatic heterocycles. The van der Waals surface area contributed by atoms with Gasteiger partial charge in [-0.25, -0.2) is 4.39 Å². The van der Waals surface area contributed by atoms with Crippen LogP contribution >= 0.6 is 23.2 Å². The molecule has 0 saturated heterocycles. The van der Waals surface area contributed by atoms with Gasteiger partial charge >= 0.3 is 0 Å². The lowest BCUT2D eigenvalue weighted by Gasteiger charge is -2.14. The Balaban J connectivity index is 2.15. The van der Waals surface area contributed by atoms with Crippen LogP contribution < -0.4 is 14.8 Å². The third kappa shape index (κ3) is 4.44. The van der Waals surface area contributed by atoms with Gasteiger partial charge in [0.25, 0.3) is 0 Å². The molecule has 6 heteroatoms. The van der Waals surface area contributed by atoms with Crippen LogP contribution in [0.15, 0.2) is 30.3 Å². The van der Waals surface area contributed by atoms with Gasteiger partial charge in [-0.05, 0) is 35.9 Å². The van der Waals surface area contributed by atoms with Crippen LogP contribution in [0.2, 0.25) is 10.0 Å². The molecule has 2 rings (SSSR count). The highest BCUT2D eigenvalue weighted by Gasteiger charge is 2.12. The number of halogens is 3. The molecule has 0 unspecified atom stereocenters. The Kier molecular flexibility index (Phi) is 5.97. The molecule has 0 amide bonds. The summed E-state index contributed by atoms with van der Waals surface area (Å²) in [6.07, 6.45) is 5.18. The number of nitrogens with one attached hydrogen (secondary N) is 1. The minimum atomic E-state index is -0.461. The molecule has 2 aromatic carbocycles. The summed E-state index contributed by atoms with van der Waals surface area (Å²) in [5.74, 6) is 2.80. The monoisotopic (exact) mass is 353 g/mol. The van der Waals surface area contributed by atoms with Gasteiger partial charge in [-0.3, -0.25) is 0 Å². The first-order valence-electron chi connectivity index (χ1n) is 6.66. The Morgan fingerprint density at radius 3 is 2.65 bits per heavy atom. The van der Waals surface area contributed by atoms with Crippen molar-refractivity contribution in [1.82, 2.24) is 0 Å². The normalized spacial score (nSPS) is 10.0. The van der Waals surface area contributed by atoms with Gasteiger partial charge in [-0.2, -0.15) is 0 Å². The second kappa shape index (κ2) is 7.96. The molecule has 1 N–H and O–H groups in total. The zero-order valence-corrected chi connectivity index (χ0v) is 13.8. The lowest BCUT2D eigenvalue weighted by Crippen LogP contribution is -2.02. The van der Waals surface area contributed by atoms with Crippen molar-refractivity contribution in [3.8, 4) is 23.8 Å². The summed E-state index contributed by atoms with van der Waals surface area (Å²) >= 11 is 12.0. The molecule has 0 atom stereocenters. The molecule has 0 aliphatic rings. The molecule has 2 aromatic rings. The number of benzene rings is 2. The van der Waals surface area contributed by atoms with E-state index < -0.39 is 5.82 Å². The maximum absolute atomic E-state index is 13.1. The van der Waals surface area contributed by atoms with E-state index >= 15 is 0 Å². The second-order valence-corrected chi connectivity index (χ2v) is 5.40. The van der Waals surface area contributed by atoms with Crippen LogP contribution in [-0.4, -0.2) is 13.7 Å². The standard InChI is InChI=1S/C17H14Cl2FNO2/c1-3-6-23-17-14(19)7-11(8-16(17)22-2)10-21-12-4-5-15(20)13(18)9-12/h1,4-5,7-9,21H,6,10H2,2H3. The van der Waals surface area contributed by atoms with E-state index in [2.05, 4.69) is 11.2 Å². The molecule has 0 spiro atoms. The van der Waals surface area contributed by atoms with Gasteiger partial charge in [0, 0.05) is 12.2 Å². The molecule has 0 aliphatic carbocycles. The number of anilines is 1. The van der Waals surface area contributed by atoms with Gasteiger partial charge in [0.05, 0.1) is 17.2 Å². The van der Waals surface area contributed by atoms with E-state index in [1.807, 2.05) is 0 Å². The van der Waals surface area contributed by atoms with Crippen molar-refractivity contribution in [2.75, 3.05) is 19.0 Å². The van der Waals surface area contributed by atoms with Crippen molar-refractivity contribution >= 4 is 28.9 Å². The molecule has 0 bridgehead atoms. The minimum Gasteiger partial charge on any atom is -0.493 e. The molecule has 0 saturated carbocycles. The maximum Gasteiger partial charge on any atom is 0.181 e. The van der Waals surface area contributed by atoms with E-state index in [-0.39, 0.29) is 11.6 Å². The van der Waals surface area contributed by atoms with Gasteiger partial charge < -0.3 is 14.8 Å². The molecular weight excluding hydrogens is 340 g/mol. The molecule has 0 heterocycles. The highest BCUT2D eigenvalue weighted by molar-refractivity contribution is 6.32. The van der Waals surface area contributed by atoms with Gasteiger partial charge in [-0.15, -0.1) is 6.42 Å². The van der Waals surface area contributed by atoms with Crippen LogP contribution in [0.5, 0.6) is 11.5 Å². The van der Waals surface area contributed by atoms with Crippen LogP contribution in [0.25, 0.3) is 0 Å². The van der Waals surface area contributed by atoms with E-state index in [0.29, 0.717) is 28.8 Å². The fourth-order valence-corrected chi connectivity index (χ4v) is 2.41. The van der Waals surface area contributed by atoms with Crippen LogP contribution in [-0.2, 0) is 6.54 Å². The van der Waals surface area contributed by atoms with Crippen molar-refractivity contribution in [2.45, 2.75) is 6.54 Å². The highest BCUT2D eigenvalue weighted by Crippen LogP contribution is 2.36. The minimum absolute atomic E-state index is 0.0589. The van der Waals surface area contributed by atoms with Gasteiger partial charge in [0.1, 0.15) is 12.4 Å². The zero-order valence-electron chi connectivity index (χ0n) is 12.3. The SMILES string of the molecule is C#CCOc1c(Cl)cc(CNc2ccc(F)c(Cl)c2)cc1OC. The Morgan fingerprint density at radius 1 is 1.22 bits per heavy atom. The Labute approximate surface area is 144 Å². The largest absolute Gasteiger partial charge is 0.493 e. The predicted octanol–water partition coefficient (Wildman–Crippen LogP) is 4.77. The first kappa shape index (κ1) is 17.3. The van der Waals surface area contributed by atoms with Crippen molar-refractivity contribution in [3.63, 3.8) is 0 Å². The number of methoxy groups -OCH3 is 1. The fourth-order valence-electron chi connectivity index (χ4n) is 1.94. The lowest BCUT2D eigenvalue weighted by atomic mass is 10.2. The molecule has 3 nitrogen and oxygen atoms in total. The quantitative estimate of drug-likeness (QED) is 0.759. The maximum atomic E-state index is 13.1. The van der Waals surface area contributed by atoms with Gasteiger partial charge in [-0.1, -0.05) is 29.1 Å². The molecule has 23 heavy (non-hydrogen) atoms. The van der Waals surface area contributed by atoms with E-state index in [9.17, 15) is 4.39 Å². The molecule has 0 fully saturated rings. The number of rotatable bonds is 6. The van der Waals surface area contributed by atoms with E-state index in [0.717, 1.165) is 5.56 Å². The zero-order chi connectivity index (χ0) is 16.8. The average Bonchev–Trinajstić information content (AvgIpc) is 2.54. The van der Waals surface area contributed by atoms with Crippen molar-refractivity contribution in [2.24, 2.45) is 0 Å². The first-order chi connectivity index (χ1) is 11.0. The smallest absolute Gasteiger partial charge is 0.181 e. The Bertz CT molecular complexity index is 744. The van der Waals surface area contributed by atoms with E-state index in [4.69, 9.17) is 39.1 Å². The second-order valence-electron chi connectivity index (χ2n) is 4.58. The topological polar surface area (TPSA) is 30.5 Å². The number of ether oxygens (including phenoxy) is 2. The average molecular weight is 354 g/mol. The van der Waals surface area contributed by atoms with Crippen LogP contribution in [0.4, 0.5) is 10.1 Å². The van der Waals surface area contributed by atoms with Crippen molar-refractivity contribution in [1.29, 1.82) is 0 Å². The predicted molar refractivity (Wildman–Crippen MR) is 91.1 cm³/mol. The number of hydrogen-bond donors (Lipinski definition) is 1. The summed E-state index contributed by atoms with van der Waals surface area (Å²) in [6, 6.07) is 7.95. The molecule has 120 valence electrons. The van der Waals surface area contributed by atoms with E-state index in [1.54, 1.807) is 18.2 Å². The molecular formula is C17H14Cl2FNO2. The summed E-state index contributed by atoms with van der Waals surface area (Å²) in [5, 5.41) is 3.59. The van der Waals surface area contributed by atoms with Crippen LogP contribution in [0.3, 0.4) is 0 Å². The Morgan fingerprint density at radius 2 is 2.00 bits per heavy atom. The first-order valence-corrected chi connectivity index (χ1v) is 7.42. The third-order valence-corrected chi connectivity index (χ3v) is 3.58. The number of hydrogen-bond acceptors (Lipinski definition) is 3. The fraction of sp³-hybridized carbons (Fsp3) is 0.176. The van der Waals surface area contributed by atoms with Crippen molar-refractivity contribution in [3.05, 3.63) is 51.8 Å². The summed E-state index contributed by atoms with van der Waals surface area (Å²) in [5.41, 5.74) is 1.56. The Hall–Kier alpha value is -2.09. The van der Waals surface area contributed by atoms with Gasteiger partial charge in [0.15, 0.2) is 11.5 Å². The van der Waals surface area contributed by atoms with Crippen LogP contribution in [0.1, 0.15) is 5.56 Å². The summed E-state index contributed by atoms with van der Waals surface area (Å²) in [6.45, 7) is 0.551.